The lowest BCUT2D eigenvalue weighted by Gasteiger charge is -2.09. The van der Waals surface area contributed by atoms with E-state index in [0.717, 1.165) is 12.1 Å². The first-order valence-electron chi connectivity index (χ1n) is 7.27. The second-order valence-corrected chi connectivity index (χ2v) is 5.53. The molecule has 19 heavy (non-hydrogen) atoms. The largest absolute Gasteiger partial charge is 0.382 e. The van der Waals surface area contributed by atoms with Gasteiger partial charge in [0, 0.05) is 19.7 Å². The van der Waals surface area contributed by atoms with Crippen molar-refractivity contribution in [2.24, 2.45) is 0 Å². The fourth-order valence-electron chi connectivity index (χ4n) is 2.62. The van der Waals surface area contributed by atoms with E-state index < -0.39 is 0 Å². The van der Waals surface area contributed by atoms with Crippen LogP contribution in [0, 0.1) is 0 Å². The molecule has 1 aromatic rings. The molecule has 0 bridgehead atoms. The van der Waals surface area contributed by atoms with Gasteiger partial charge in [-0.25, -0.2) is 0 Å². The minimum absolute atomic E-state index is 0.153. The molecule has 1 heterocycles. The van der Waals surface area contributed by atoms with Crippen molar-refractivity contribution in [1.29, 1.82) is 0 Å². The maximum absolute atomic E-state index is 11.9. The van der Waals surface area contributed by atoms with Crippen LogP contribution in [-0.2, 0) is 16.0 Å². The van der Waals surface area contributed by atoms with Crippen LogP contribution >= 0.6 is 0 Å². The number of hydrogen-bond donors (Lipinski definition) is 0. The molecule has 1 fully saturated rings. The van der Waals surface area contributed by atoms with E-state index in [9.17, 15) is 4.79 Å². The molecule has 1 aliphatic carbocycles. The standard InChI is InChI=1S/C15H24N2O2/c1-12(19-2)7-8-15(18)11-13-9-10-17(16-13)14-5-3-4-6-14/h9-10,12,14H,3-8,11H2,1-2H3. The van der Waals surface area contributed by atoms with E-state index in [1.165, 1.54) is 25.7 Å². The normalized spacial score (nSPS) is 17.8. The number of ether oxygens (including phenoxy) is 1. The van der Waals surface area contributed by atoms with E-state index >= 15 is 0 Å². The Balaban J connectivity index is 1.80. The Bertz CT molecular complexity index is 408. The van der Waals surface area contributed by atoms with Gasteiger partial charge in [0.15, 0.2) is 0 Å². The summed E-state index contributed by atoms with van der Waals surface area (Å²) in [6.45, 7) is 1.99. The molecule has 0 saturated heterocycles. The molecule has 1 saturated carbocycles. The van der Waals surface area contributed by atoms with Gasteiger partial charge < -0.3 is 4.74 Å². The van der Waals surface area contributed by atoms with Gasteiger partial charge >= 0.3 is 0 Å². The fraction of sp³-hybridized carbons (Fsp3) is 0.733. The highest BCUT2D eigenvalue weighted by molar-refractivity contribution is 5.80. The smallest absolute Gasteiger partial charge is 0.139 e. The van der Waals surface area contributed by atoms with E-state index in [1.54, 1.807) is 7.11 Å². The van der Waals surface area contributed by atoms with Gasteiger partial charge in [0.25, 0.3) is 0 Å². The molecular weight excluding hydrogens is 240 g/mol. The quantitative estimate of drug-likeness (QED) is 0.760. The molecule has 0 amide bonds. The molecule has 1 atom stereocenters. The first-order valence-corrected chi connectivity index (χ1v) is 7.27. The fourth-order valence-corrected chi connectivity index (χ4v) is 2.62. The third-order valence-corrected chi connectivity index (χ3v) is 3.97. The van der Waals surface area contributed by atoms with Gasteiger partial charge in [0.05, 0.1) is 24.3 Å². The monoisotopic (exact) mass is 264 g/mol. The SMILES string of the molecule is COC(C)CCC(=O)Cc1ccn(C2CCCC2)n1. The Morgan fingerprint density at radius 1 is 1.53 bits per heavy atom. The summed E-state index contributed by atoms with van der Waals surface area (Å²) >= 11 is 0. The number of methoxy groups -OCH3 is 1. The van der Waals surface area contributed by atoms with Crippen LogP contribution in [0.5, 0.6) is 0 Å². The second kappa shape index (κ2) is 6.85. The van der Waals surface area contributed by atoms with E-state index in [-0.39, 0.29) is 11.9 Å². The van der Waals surface area contributed by atoms with Gasteiger partial charge in [-0.05, 0) is 32.3 Å². The minimum atomic E-state index is 0.153. The van der Waals surface area contributed by atoms with E-state index in [1.807, 2.05) is 23.9 Å². The van der Waals surface area contributed by atoms with Crippen molar-refractivity contribution < 1.29 is 9.53 Å². The Morgan fingerprint density at radius 3 is 2.95 bits per heavy atom. The average molecular weight is 264 g/mol. The Morgan fingerprint density at radius 2 is 2.26 bits per heavy atom. The summed E-state index contributed by atoms with van der Waals surface area (Å²) in [4.78, 5) is 11.9. The zero-order chi connectivity index (χ0) is 13.7. The number of carbonyl (C=O) groups is 1. The van der Waals surface area contributed by atoms with Gasteiger partial charge in [0.2, 0.25) is 0 Å². The number of Topliss-reactive ketones (excluding diaryl/α,β-unsaturated/α-hetero) is 1. The topological polar surface area (TPSA) is 44.1 Å². The minimum Gasteiger partial charge on any atom is -0.382 e. The molecule has 1 aromatic heterocycles. The van der Waals surface area contributed by atoms with Crippen molar-refractivity contribution in [2.75, 3.05) is 7.11 Å². The maximum Gasteiger partial charge on any atom is 0.139 e. The van der Waals surface area contributed by atoms with Gasteiger partial charge in [-0.3, -0.25) is 9.48 Å². The summed E-state index contributed by atoms with van der Waals surface area (Å²) in [5.74, 6) is 0.251. The van der Waals surface area contributed by atoms with E-state index in [0.29, 0.717) is 18.9 Å². The first kappa shape index (κ1) is 14.3. The van der Waals surface area contributed by atoms with Crippen LogP contribution < -0.4 is 0 Å². The zero-order valence-electron chi connectivity index (χ0n) is 12.0. The molecule has 2 rings (SSSR count). The molecule has 0 spiro atoms. The summed E-state index contributed by atoms with van der Waals surface area (Å²) < 4.78 is 7.20. The molecule has 0 aliphatic heterocycles. The highest BCUT2D eigenvalue weighted by Crippen LogP contribution is 2.28. The van der Waals surface area contributed by atoms with Gasteiger partial charge in [-0.1, -0.05) is 12.8 Å². The third kappa shape index (κ3) is 4.16. The number of nitrogens with zero attached hydrogens (tertiary/aromatic N) is 2. The lowest BCUT2D eigenvalue weighted by atomic mass is 10.1. The van der Waals surface area contributed by atoms with Crippen molar-refractivity contribution in [3.63, 3.8) is 0 Å². The molecule has 0 aromatic carbocycles. The molecule has 4 nitrogen and oxygen atoms in total. The van der Waals surface area contributed by atoms with Gasteiger partial charge in [-0.15, -0.1) is 0 Å². The van der Waals surface area contributed by atoms with Crippen LogP contribution in [-0.4, -0.2) is 28.8 Å². The highest BCUT2D eigenvalue weighted by atomic mass is 16.5. The molecular formula is C15H24N2O2. The number of carbonyl (C=O) groups excluding carboxylic acids is 1. The number of hydrogen-bond acceptors (Lipinski definition) is 3. The molecule has 0 radical (unpaired) electrons. The summed E-state index contributed by atoms with van der Waals surface area (Å²) in [5, 5.41) is 4.54. The molecule has 1 aliphatic rings. The van der Waals surface area contributed by atoms with Gasteiger partial charge in [-0.2, -0.15) is 5.10 Å². The van der Waals surface area contributed by atoms with Crippen LogP contribution in [0.4, 0.5) is 0 Å². The van der Waals surface area contributed by atoms with Crippen molar-refractivity contribution in [3.8, 4) is 0 Å². The van der Waals surface area contributed by atoms with Crippen LogP contribution in [0.15, 0.2) is 12.3 Å². The second-order valence-electron chi connectivity index (χ2n) is 5.53. The van der Waals surface area contributed by atoms with Crippen LogP contribution in [0.3, 0.4) is 0 Å². The van der Waals surface area contributed by atoms with Crippen molar-refractivity contribution in [1.82, 2.24) is 9.78 Å². The van der Waals surface area contributed by atoms with E-state index in [4.69, 9.17) is 4.74 Å². The number of rotatable bonds is 7. The summed E-state index contributed by atoms with van der Waals surface area (Å²) in [6.07, 6.45) is 9.04. The molecule has 4 heteroatoms. The van der Waals surface area contributed by atoms with Crippen molar-refractivity contribution in [2.45, 2.75) is 64.0 Å². The molecule has 106 valence electrons. The number of ketones is 1. The zero-order valence-corrected chi connectivity index (χ0v) is 12.0. The predicted molar refractivity (Wildman–Crippen MR) is 74.1 cm³/mol. The van der Waals surface area contributed by atoms with Crippen LogP contribution in [0.1, 0.15) is 57.2 Å². The first-order chi connectivity index (χ1) is 9.19. The lowest BCUT2D eigenvalue weighted by Crippen LogP contribution is -2.11. The van der Waals surface area contributed by atoms with Crippen LogP contribution in [0.2, 0.25) is 0 Å². The Labute approximate surface area is 115 Å². The van der Waals surface area contributed by atoms with E-state index in [2.05, 4.69) is 5.10 Å². The summed E-state index contributed by atoms with van der Waals surface area (Å²) in [6, 6.07) is 2.54. The third-order valence-electron chi connectivity index (χ3n) is 3.97. The Hall–Kier alpha value is -1.16. The maximum atomic E-state index is 11.9. The number of aromatic nitrogens is 2. The lowest BCUT2D eigenvalue weighted by molar-refractivity contribution is -0.119. The molecule has 0 N–H and O–H groups in total. The predicted octanol–water partition coefficient (Wildman–Crippen LogP) is 2.92. The van der Waals surface area contributed by atoms with Crippen molar-refractivity contribution in [3.05, 3.63) is 18.0 Å². The summed E-state index contributed by atoms with van der Waals surface area (Å²) in [5.41, 5.74) is 0.905. The van der Waals surface area contributed by atoms with Crippen molar-refractivity contribution >= 4 is 5.78 Å². The Kier molecular flexibility index (Phi) is 5.14. The summed E-state index contributed by atoms with van der Waals surface area (Å²) in [7, 11) is 1.68. The highest BCUT2D eigenvalue weighted by Gasteiger charge is 2.18. The average Bonchev–Trinajstić information content (AvgIpc) is 3.06. The van der Waals surface area contributed by atoms with Crippen LogP contribution in [0.25, 0.3) is 0 Å². The molecule has 1 unspecified atom stereocenters. The van der Waals surface area contributed by atoms with Gasteiger partial charge in [0.1, 0.15) is 5.78 Å².